The number of carbonyl (C=O) groups excluding carboxylic acids is 1. The Bertz CT molecular complexity index is 467. The van der Waals surface area contributed by atoms with Gasteiger partial charge in [0.2, 0.25) is 0 Å². The Labute approximate surface area is 106 Å². The number of ether oxygens (including phenoxy) is 1. The van der Waals surface area contributed by atoms with Crippen molar-refractivity contribution in [2.45, 2.75) is 19.8 Å². The van der Waals surface area contributed by atoms with Gasteiger partial charge in [-0.15, -0.1) is 0 Å². The molecule has 2 rings (SSSR count). The SMILES string of the molecule is COc1cc(C)c(Cl)cc1C(=O)C1(CN)CC1. The molecule has 3 nitrogen and oxygen atoms in total. The fraction of sp³-hybridized carbons (Fsp3) is 0.462. The zero-order valence-corrected chi connectivity index (χ0v) is 10.8. The lowest BCUT2D eigenvalue weighted by atomic mass is 9.93. The molecule has 0 unspecified atom stereocenters. The van der Waals surface area contributed by atoms with Crippen LogP contribution in [0.1, 0.15) is 28.8 Å². The van der Waals surface area contributed by atoms with Crippen molar-refractivity contribution < 1.29 is 9.53 Å². The van der Waals surface area contributed by atoms with Gasteiger partial charge < -0.3 is 10.5 Å². The van der Waals surface area contributed by atoms with Gasteiger partial charge in [-0.2, -0.15) is 0 Å². The number of hydrogen-bond donors (Lipinski definition) is 1. The van der Waals surface area contributed by atoms with Crippen molar-refractivity contribution in [3.8, 4) is 5.75 Å². The van der Waals surface area contributed by atoms with Crippen molar-refractivity contribution >= 4 is 17.4 Å². The summed E-state index contributed by atoms with van der Waals surface area (Å²) >= 11 is 6.06. The van der Waals surface area contributed by atoms with Gasteiger partial charge in [-0.05, 0) is 37.5 Å². The highest BCUT2D eigenvalue weighted by atomic mass is 35.5. The van der Waals surface area contributed by atoms with E-state index in [1.54, 1.807) is 19.2 Å². The number of hydrogen-bond acceptors (Lipinski definition) is 3. The van der Waals surface area contributed by atoms with E-state index in [9.17, 15) is 4.79 Å². The summed E-state index contributed by atoms with van der Waals surface area (Å²) in [5.74, 6) is 0.635. The Hall–Kier alpha value is -1.06. The van der Waals surface area contributed by atoms with Gasteiger partial charge in [-0.25, -0.2) is 0 Å². The molecule has 4 heteroatoms. The van der Waals surface area contributed by atoms with E-state index in [0.29, 0.717) is 22.9 Å². The molecule has 1 saturated carbocycles. The largest absolute Gasteiger partial charge is 0.496 e. The molecule has 0 bridgehead atoms. The molecule has 1 aromatic carbocycles. The molecule has 0 aromatic heterocycles. The fourth-order valence-corrected chi connectivity index (χ4v) is 2.13. The molecule has 0 saturated heterocycles. The Morgan fingerprint density at radius 1 is 1.53 bits per heavy atom. The van der Waals surface area contributed by atoms with Crippen LogP contribution < -0.4 is 10.5 Å². The molecule has 1 fully saturated rings. The Morgan fingerprint density at radius 2 is 2.18 bits per heavy atom. The van der Waals surface area contributed by atoms with E-state index in [0.717, 1.165) is 18.4 Å². The van der Waals surface area contributed by atoms with Crippen LogP contribution in [0.15, 0.2) is 12.1 Å². The zero-order valence-electron chi connectivity index (χ0n) is 10.0. The van der Waals surface area contributed by atoms with Crippen molar-refractivity contribution in [1.82, 2.24) is 0 Å². The molecule has 92 valence electrons. The number of benzene rings is 1. The van der Waals surface area contributed by atoms with Crippen molar-refractivity contribution in [3.05, 3.63) is 28.3 Å². The van der Waals surface area contributed by atoms with Crippen LogP contribution in [0, 0.1) is 12.3 Å². The smallest absolute Gasteiger partial charge is 0.174 e. The van der Waals surface area contributed by atoms with Gasteiger partial charge in [-0.1, -0.05) is 11.6 Å². The number of rotatable bonds is 4. The third-order valence-electron chi connectivity index (χ3n) is 3.45. The van der Waals surface area contributed by atoms with E-state index in [-0.39, 0.29) is 11.2 Å². The number of Topliss-reactive ketones (excluding diaryl/α,β-unsaturated/α-hetero) is 1. The molecule has 1 aromatic rings. The van der Waals surface area contributed by atoms with Gasteiger partial charge in [0.15, 0.2) is 5.78 Å². The highest BCUT2D eigenvalue weighted by Crippen LogP contribution is 2.48. The fourth-order valence-electron chi connectivity index (χ4n) is 1.96. The summed E-state index contributed by atoms with van der Waals surface area (Å²) in [4.78, 5) is 12.4. The molecule has 0 heterocycles. The lowest BCUT2D eigenvalue weighted by molar-refractivity contribution is 0.0902. The molecular formula is C13H16ClNO2. The van der Waals surface area contributed by atoms with Crippen LogP contribution in [0.5, 0.6) is 5.75 Å². The van der Waals surface area contributed by atoms with Gasteiger partial charge in [0.25, 0.3) is 0 Å². The third-order valence-corrected chi connectivity index (χ3v) is 3.86. The first-order valence-corrected chi connectivity index (χ1v) is 6.01. The number of methoxy groups -OCH3 is 1. The average molecular weight is 254 g/mol. The monoisotopic (exact) mass is 253 g/mol. The van der Waals surface area contributed by atoms with Crippen LogP contribution >= 0.6 is 11.6 Å². The first-order chi connectivity index (χ1) is 8.04. The van der Waals surface area contributed by atoms with Gasteiger partial charge >= 0.3 is 0 Å². The topological polar surface area (TPSA) is 52.3 Å². The third kappa shape index (κ3) is 2.05. The van der Waals surface area contributed by atoms with Gasteiger partial charge in [0, 0.05) is 17.0 Å². The predicted octanol–water partition coefficient (Wildman–Crippen LogP) is 2.58. The average Bonchev–Trinajstić information content (AvgIpc) is 3.12. The van der Waals surface area contributed by atoms with E-state index in [4.69, 9.17) is 22.1 Å². The maximum absolute atomic E-state index is 12.4. The molecule has 1 aliphatic carbocycles. The van der Waals surface area contributed by atoms with E-state index in [1.807, 2.05) is 6.92 Å². The number of halogens is 1. The lowest BCUT2D eigenvalue weighted by Gasteiger charge is -2.15. The molecule has 0 spiro atoms. The summed E-state index contributed by atoms with van der Waals surface area (Å²) in [6, 6.07) is 3.48. The first kappa shape index (κ1) is 12.4. The number of aryl methyl sites for hydroxylation is 1. The van der Waals surface area contributed by atoms with E-state index < -0.39 is 0 Å². The molecule has 0 aliphatic heterocycles. The Kier molecular flexibility index (Phi) is 3.15. The van der Waals surface area contributed by atoms with Gasteiger partial charge in [0.05, 0.1) is 12.7 Å². The zero-order chi connectivity index (χ0) is 12.6. The summed E-state index contributed by atoms with van der Waals surface area (Å²) in [6.45, 7) is 2.27. The van der Waals surface area contributed by atoms with Gasteiger partial charge in [-0.3, -0.25) is 4.79 Å². The van der Waals surface area contributed by atoms with Crippen LogP contribution in [0.2, 0.25) is 5.02 Å². The van der Waals surface area contributed by atoms with Crippen molar-refractivity contribution in [2.24, 2.45) is 11.1 Å². The molecule has 0 atom stereocenters. The first-order valence-electron chi connectivity index (χ1n) is 5.63. The highest BCUT2D eigenvalue weighted by Gasteiger charge is 2.49. The number of nitrogens with two attached hydrogens (primary N) is 1. The normalized spacial score (nSPS) is 16.7. The van der Waals surface area contributed by atoms with E-state index >= 15 is 0 Å². The van der Waals surface area contributed by atoms with Gasteiger partial charge in [0.1, 0.15) is 5.75 Å². The molecule has 2 N–H and O–H groups in total. The summed E-state index contributed by atoms with van der Waals surface area (Å²) < 4.78 is 5.25. The minimum absolute atomic E-state index is 0.0544. The summed E-state index contributed by atoms with van der Waals surface area (Å²) in [6.07, 6.45) is 1.72. The van der Waals surface area contributed by atoms with Crippen LogP contribution in [-0.4, -0.2) is 19.4 Å². The second-order valence-electron chi connectivity index (χ2n) is 4.62. The van der Waals surface area contributed by atoms with E-state index in [2.05, 4.69) is 0 Å². The number of carbonyl (C=O) groups is 1. The summed E-state index contributed by atoms with van der Waals surface area (Å²) in [5.41, 5.74) is 6.75. The maximum Gasteiger partial charge on any atom is 0.174 e. The summed E-state index contributed by atoms with van der Waals surface area (Å²) in [5, 5.41) is 0.585. The molecular weight excluding hydrogens is 238 g/mol. The number of ketones is 1. The minimum Gasteiger partial charge on any atom is -0.496 e. The standard InChI is InChI=1S/C13H16ClNO2/c1-8-5-11(17-2)9(6-10(8)14)12(16)13(7-15)3-4-13/h5-6H,3-4,7,15H2,1-2H3. The van der Waals surface area contributed by atoms with Crippen LogP contribution in [0.3, 0.4) is 0 Å². The molecule has 17 heavy (non-hydrogen) atoms. The van der Waals surface area contributed by atoms with Crippen molar-refractivity contribution in [3.63, 3.8) is 0 Å². The minimum atomic E-state index is -0.369. The summed E-state index contributed by atoms with van der Waals surface area (Å²) in [7, 11) is 1.56. The predicted molar refractivity (Wildman–Crippen MR) is 67.8 cm³/mol. The van der Waals surface area contributed by atoms with E-state index in [1.165, 1.54) is 0 Å². The molecule has 1 aliphatic rings. The second kappa shape index (κ2) is 4.31. The molecule has 0 radical (unpaired) electrons. The Morgan fingerprint density at radius 3 is 2.65 bits per heavy atom. The van der Waals surface area contributed by atoms with Crippen LogP contribution in [0.25, 0.3) is 0 Å². The lowest BCUT2D eigenvalue weighted by Crippen LogP contribution is -2.25. The molecule has 0 amide bonds. The van der Waals surface area contributed by atoms with Crippen molar-refractivity contribution in [2.75, 3.05) is 13.7 Å². The second-order valence-corrected chi connectivity index (χ2v) is 5.02. The van der Waals surface area contributed by atoms with Crippen LogP contribution in [0.4, 0.5) is 0 Å². The maximum atomic E-state index is 12.4. The Balaban J connectivity index is 2.44. The van der Waals surface area contributed by atoms with Crippen LogP contribution in [-0.2, 0) is 0 Å². The van der Waals surface area contributed by atoms with Crippen molar-refractivity contribution in [1.29, 1.82) is 0 Å². The highest BCUT2D eigenvalue weighted by molar-refractivity contribution is 6.32. The quantitative estimate of drug-likeness (QED) is 0.839.